The predicted octanol–water partition coefficient (Wildman–Crippen LogP) is 4.61. The van der Waals surface area contributed by atoms with Crippen molar-refractivity contribution in [2.45, 2.75) is 0 Å². The van der Waals surface area contributed by atoms with E-state index in [1.165, 1.54) is 35.8 Å². The summed E-state index contributed by atoms with van der Waals surface area (Å²) in [5.41, 5.74) is 4.49. The Morgan fingerprint density at radius 2 is 1.87 bits per heavy atom. The number of nitrogens with zero attached hydrogens (tertiary/aromatic N) is 4. The van der Waals surface area contributed by atoms with Crippen LogP contribution < -0.4 is 5.43 Å². The Kier molecular flexibility index (Phi) is 5.44. The molecular formula is C21H15N5O3S. The number of aromatic hydroxyl groups is 1. The van der Waals surface area contributed by atoms with Gasteiger partial charge in [-0.05, 0) is 30.3 Å². The van der Waals surface area contributed by atoms with E-state index in [1.807, 2.05) is 54.6 Å². The van der Waals surface area contributed by atoms with E-state index in [-0.39, 0.29) is 17.0 Å². The van der Waals surface area contributed by atoms with Gasteiger partial charge in [-0.15, -0.1) is 11.3 Å². The molecule has 3 aromatic carbocycles. The van der Waals surface area contributed by atoms with Gasteiger partial charge >= 0.3 is 0 Å². The number of para-hydroxylation sites is 2. The number of non-ortho nitro benzene ring substituents is 1. The summed E-state index contributed by atoms with van der Waals surface area (Å²) in [6.07, 6.45) is 1.30. The van der Waals surface area contributed by atoms with Gasteiger partial charge in [0.05, 0.1) is 27.0 Å². The molecule has 0 unspecified atom stereocenters. The van der Waals surface area contributed by atoms with E-state index < -0.39 is 4.92 Å². The van der Waals surface area contributed by atoms with Crippen molar-refractivity contribution in [1.82, 2.24) is 10.4 Å². The zero-order chi connectivity index (χ0) is 20.9. The molecule has 0 aliphatic heterocycles. The molecule has 9 heteroatoms. The molecule has 4 aromatic rings. The number of thiazole rings is 1. The number of phenols is 1. The summed E-state index contributed by atoms with van der Waals surface area (Å²) in [6, 6.07) is 20.8. The van der Waals surface area contributed by atoms with Crippen LogP contribution in [-0.4, -0.2) is 27.1 Å². The summed E-state index contributed by atoms with van der Waals surface area (Å²) in [4.78, 5) is 19.6. The summed E-state index contributed by atoms with van der Waals surface area (Å²) < 4.78 is 1.01. The fraction of sp³-hybridized carbons (Fsp3) is 0. The number of nitrogens with one attached hydrogen (secondary N) is 1. The second kappa shape index (κ2) is 8.50. The molecule has 0 saturated carbocycles. The number of hydrogen-bond donors (Lipinski definition) is 2. The molecule has 0 amide bonds. The molecule has 0 atom stereocenters. The molecule has 1 heterocycles. The number of phenolic OH excluding ortho intramolecular Hbond substituents is 1. The summed E-state index contributed by atoms with van der Waals surface area (Å²) in [7, 11) is 0. The number of amidine groups is 1. The summed E-state index contributed by atoms with van der Waals surface area (Å²) in [6.45, 7) is 0. The van der Waals surface area contributed by atoms with E-state index in [1.54, 1.807) is 0 Å². The first-order valence-electron chi connectivity index (χ1n) is 8.86. The molecule has 30 heavy (non-hydrogen) atoms. The van der Waals surface area contributed by atoms with Gasteiger partial charge in [-0.3, -0.25) is 15.5 Å². The first kappa shape index (κ1) is 19.2. The molecule has 0 saturated heterocycles. The van der Waals surface area contributed by atoms with Gasteiger partial charge in [0.15, 0.2) is 10.8 Å². The normalized spacial score (nSPS) is 11.8. The van der Waals surface area contributed by atoms with Gasteiger partial charge < -0.3 is 5.11 Å². The van der Waals surface area contributed by atoms with Crippen molar-refractivity contribution < 1.29 is 10.0 Å². The lowest BCUT2D eigenvalue weighted by Crippen LogP contribution is -2.18. The van der Waals surface area contributed by atoms with E-state index in [0.717, 1.165) is 10.2 Å². The molecule has 0 fully saturated rings. The number of aliphatic imine (C=N–C) groups is 1. The second-order valence-electron chi connectivity index (χ2n) is 6.15. The van der Waals surface area contributed by atoms with Crippen molar-refractivity contribution in [3.05, 3.63) is 93.5 Å². The van der Waals surface area contributed by atoms with Gasteiger partial charge in [-0.1, -0.05) is 30.3 Å². The van der Waals surface area contributed by atoms with Crippen LogP contribution in [0.25, 0.3) is 10.2 Å². The van der Waals surface area contributed by atoms with Gasteiger partial charge in [0.1, 0.15) is 5.75 Å². The molecule has 0 radical (unpaired) electrons. The number of nitro groups is 1. The van der Waals surface area contributed by atoms with Crippen molar-refractivity contribution >= 4 is 45.0 Å². The Bertz CT molecular complexity index is 1240. The lowest BCUT2D eigenvalue weighted by atomic mass is 10.2. The lowest BCUT2D eigenvalue weighted by Gasteiger charge is -2.03. The summed E-state index contributed by atoms with van der Waals surface area (Å²) in [5.74, 6) is 0.302. The fourth-order valence-electron chi connectivity index (χ4n) is 2.65. The smallest absolute Gasteiger partial charge is 0.270 e. The van der Waals surface area contributed by atoms with Crippen LogP contribution in [0, 0.1) is 10.1 Å². The third-order valence-corrected chi connectivity index (χ3v) is 5.13. The number of hydrazone groups is 1. The Morgan fingerprint density at radius 1 is 1.10 bits per heavy atom. The maximum Gasteiger partial charge on any atom is 0.270 e. The predicted molar refractivity (Wildman–Crippen MR) is 118 cm³/mol. The van der Waals surface area contributed by atoms with Gasteiger partial charge in [0, 0.05) is 17.7 Å². The molecule has 0 spiro atoms. The van der Waals surface area contributed by atoms with Crippen LogP contribution in [0.15, 0.2) is 82.9 Å². The van der Waals surface area contributed by atoms with Crippen LogP contribution in [0.1, 0.15) is 10.6 Å². The average Bonchev–Trinajstić information content (AvgIpc) is 3.19. The van der Waals surface area contributed by atoms with Gasteiger partial charge in [-0.2, -0.15) is 5.10 Å². The average molecular weight is 417 g/mol. The largest absolute Gasteiger partial charge is 0.507 e. The number of hydrogen-bond acceptors (Lipinski definition) is 7. The molecule has 4 rings (SSSR count). The van der Waals surface area contributed by atoms with E-state index in [0.29, 0.717) is 16.5 Å². The number of benzene rings is 3. The highest BCUT2D eigenvalue weighted by atomic mass is 32.1. The van der Waals surface area contributed by atoms with Crippen LogP contribution in [0.3, 0.4) is 0 Å². The topological polar surface area (TPSA) is 113 Å². The molecule has 8 nitrogen and oxygen atoms in total. The SMILES string of the molecule is O=[N+]([O-])c1ccc(O)c(C=NNC(=Nc2ccccc2)c2nc3ccccc3s2)c1. The third kappa shape index (κ3) is 4.31. The lowest BCUT2D eigenvalue weighted by molar-refractivity contribution is -0.384. The third-order valence-electron chi connectivity index (χ3n) is 4.09. The van der Waals surface area contributed by atoms with E-state index in [4.69, 9.17) is 0 Å². The highest BCUT2D eigenvalue weighted by molar-refractivity contribution is 7.20. The van der Waals surface area contributed by atoms with E-state index >= 15 is 0 Å². The minimum Gasteiger partial charge on any atom is -0.507 e. The summed E-state index contributed by atoms with van der Waals surface area (Å²) >= 11 is 1.46. The molecule has 0 aliphatic rings. The van der Waals surface area contributed by atoms with Crippen molar-refractivity contribution in [3.8, 4) is 5.75 Å². The monoisotopic (exact) mass is 417 g/mol. The van der Waals surface area contributed by atoms with Crippen molar-refractivity contribution in [1.29, 1.82) is 0 Å². The fourth-order valence-corrected chi connectivity index (χ4v) is 3.55. The van der Waals surface area contributed by atoms with Crippen LogP contribution in [-0.2, 0) is 0 Å². The quantitative estimate of drug-likeness (QED) is 0.213. The molecule has 2 N–H and O–H groups in total. The first-order chi connectivity index (χ1) is 14.6. The van der Waals surface area contributed by atoms with Crippen LogP contribution in [0.5, 0.6) is 5.75 Å². The van der Waals surface area contributed by atoms with Crippen molar-refractivity contribution in [2.24, 2.45) is 10.1 Å². The zero-order valence-electron chi connectivity index (χ0n) is 15.5. The molecule has 0 bridgehead atoms. The van der Waals surface area contributed by atoms with Gasteiger partial charge in [0.25, 0.3) is 5.69 Å². The van der Waals surface area contributed by atoms with Crippen LogP contribution in [0.2, 0.25) is 0 Å². The highest BCUT2D eigenvalue weighted by Crippen LogP contribution is 2.24. The number of aromatic nitrogens is 1. The van der Waals surface area contributed by atoms with Crippen molar-refractivity contribution in [3.63, 3.8) is 0 Å². The molecular weight excluding hydrogens is 402 g/mol. The highest BCUT2D eigenvalue weighted by Gasteiger charge is 2.11. The standard InChI is InChI=1S/C21H15N5O3S/c27-18-11-10-16(26(28)29)12-14(18)13-22-25-20(23-15-6-2-1-3-7-15)21-24-17-8-4-5-9-19(17)30-21/h1-13,27H,(H,23,25). The summed E-state index contributed by atoms with van der Waals surface area (Å²) in [5, 5.41) is 25.7. The Morgan fingerprint density at radius 3 is 2.63 bits per heavy atom. The zero-order valence-corrected chi connectivity index (χ0v) is 16.3. The van der Waals surface area contributed by atoms with E-state index in [2.05, 4.69) is 20.5 Å². The van der Waals surface area contributed by atoms with Crippen LogP contribution in [0.4, 0.5) is 11.4 Å². The van der Waals surface area contributed by atoms with Crippen molar-refractivity contribution in [2.75, 3.05) is 0 Å². The number of rotatable bonds is 5. The van der Waals surface area contributed by atoms with Crippen LogP contribution >= 0.6 is 11.3 Å². The number of nitro benzene ring substituents is 1. The Hall–Kier alpha value is -4.11. The maximum atomic E-state index is 11.0. The van der Waals surface area contributed by atoms with E-state index in [9.17, 15) is 15.2 Å². The van der Waals surface area contributed by atoms with Gasteiger partial charge in [0.2, 0.25) is 0 Å². The second-order valence-corrected chi connectivity index (χ2v) is 7.18. The maximum absolute atomic E-state index is 11.0. The first-order valence-corrected chi connectivity index (χ1v) is 9.68. The Labute approximate surface area is 175 Å². The Balaban J connectivity index is 1.67. The minimum atomic E-state index is -0.534. The number of fused-ring (bicyclic) bond motifs is 1. The molecule has 148 valence electrons. The molecule has 0 aliphatic carbocycles. The molecule has 1 aromatic heterocycles. The minimum absolute atomic E-state index is 0.118. The van der Waals surface area contributed by atoms with Gasteiger partial charge in [-0.25, -0.2) is 9.98 Å².